The molecule has 0 bridgehead atoms. The van der Waals surface area contributed by atoms with Crippen LogP contribution in [-0.4, -0.2) is 19.1 Å². The number of alkyl halides is 3. The van der Waals surface area contributed by atoms with Gasteiger partial charge in [-0.05, 0) is 55.3 Å². The lowest BCUT2D eigenvalue weighted by molar-refractivity contribution is -0.154. The molecule has 0 aliphatic carbocycles. The molecule has 0 aliphatic heterocycles. The lowest BCUT2D eigenvalue weighted by atomic mass is 10.1. The minimum absolute atomic E-state index is 0.0332. The Morgan fingerprint density at radius 2 is 1.66 bits per heavy atom. The van der Waals surface area contributed by atoms with Gasteiger partial charge < -0.3 is 23.9 Å². The number of nitrogens with one attached hydrogen (secondary N) is 1. The van der Waals surface area contributed by atoms with Gasteiger partial charge in [0.15, 0.2) is 6.61 Å². The average Bonchev–Trinajstić information content (AvgIpc) is 2.90. The first kappa shape index (κ1) is 26.6. The van der Waals surface area contributed by atoms with Crippen LogP contribution >= 0.6 is 0 Å². The minimum atomic E-state index is -5.00. The Morgan fingerprint density at radius 3 is 2.34 bits per heavy atom. The van der Waals surface area contributed by atoms with Crippen molar-refractivity contribution in [2.45, 2.75) is 26.4 Å². The highest BCUT2D eigenvalue weighted by atomic mass is 19.4. The lowest BCUT2D eigenvalue weighted by Gasteiger charge is -2.14. The monoisotopic (exact) mass is 527 g/mol. The van der Waals surface area contributed by atoms with Crippen molar-refractivity contribution < 1.29 is 36.6 Å². The van der Waals surface area contributed by atoms with Gasteiger partial charge >= 0.3 is 6.18 Å². The Hall–Kier alpha value is -4.47. The number of hydrogen-bond acceptors (Lipinski definition) is 6. The van der Waals surface area contributed by atoms with Gasteiger partial charge in [-0.1, -0.05) is 31.2 Å². The first-order chi connectivity index (χ1) is 18.2. The maximum Gasteiger partial charge on any atom is 0.453 e. The van der Waals surface area contributed by atoms with Crippen LogP contribution in [0.15, 0.2) is 75.9 Å². The summed E-state index contributed by atoms with van der Waals surface area (Å²) in [4.78, 5) is 25.4. The van der Waals surface area contributed by atoms with Gasteiger partial charge in [0.1, 0.15) is 22.8 Å². The Labute approximate surface area is 215 Å². The van der Waals surface area contributed by atoms with E-state index in [-0.39, 0.29) is 22.5 Å². The van der Waals surface area contributed by atoms with Crippen molar-refractivity contribution in [1.82, 2.24) is 0 Å². The summed E-state index contributed by atoms with van der Waals surface area (Å²) in [5.41, 5.74) is 0.0448. The number of halogens is 3. The molecular formula is C28H24F3NO6. The van der Waals surface area contributed by atoms with Crippen molar-refractivity contribution in [1.29, 1.82) is 0 Å². The molecule has 198 valence electrons. The third kappa shape index (κ3) is 6.08. The molecular weight excluding hydrogens is 503 g/mol. The van der Waals surface area contributed by atoms with E-state index < -0.39 is 35.6 Å². The van der Waals surface area contributed by atoms with E-state index in [0.29, 0.717) is 18.0 Å². The summed E-state index contributed by atoms with van der Waals surface area (Å²) in [5.74, 6) is -2.48. The Bertz CT molecular complexity index is 1500. The molecule has 0 spiro atoms. The number of anilines is 1. The molecule has 0 radical (unpaired) electrons. The van der Waals surface area contributed by atoms with Gasteiger partial charge in [-0.15, -0.1) is 0 Å². The van der Waals surface area contributed by atoms with Gasteiger partial charge in [-0.25, -0.2) is 0 Å². The van der Waals surface area contributed by atoms with Crippen LogP contribution in [-0.2, 0) is 17.4 Å². The molecule has 1 N–H and O–H groups in total. The predicted octanol–water partition coefficient (Wildman–Crippen LogP) is 6.58. The highest BCUT2D eigenvalue weighted by Gasteiger charge is 2.40. The molecule has 38 heavy (non-hydrogen) atoms. The van der Waals surface area contributed by atoms with E-state index in [0.717, 1.165) is 18.1 Å². The van der Waals surface area contributed by atoms with Crippen molar-refractivity contribution in [3.8, 4) is 23.0 Å². The van der Waals surface area contributed by atoms with Gasteiger partial charge in [0.05, 0.1) is 17.7 Å². The van der Waals surface area contributed by atoms with Gasteiger partial charge in [-0.3, -0.25) is 9.59 Å². The minimum Gasteiger partial charge on any atom is -0.492 e. The Balaban J connectivity index is 1.57. The number of para-hydroxylation sites is 2. The Kier molecular flexibility index (Phi) is 7.90. The topological polar surface area (TPSA) is 87.0 Å². The van der Waals surface area contributed by atoms with Crippen molar-refractivity contribution in [2.24, 2.45) is 0 Å². The fraction of sp³-hybridized carbons (Fsp3) is 0.214. The van der Waals surface area contributed by atoms with Gasteiger partial charge in [0.2, 0.25) is 11.2 Å². The fourth-order valence-corrected chi connectivity index (χ4v) is 3.62. The SMILES string of the molecule is CCOc1ccccc1NC(=O)COc1ccc2c(=O)c(Oc3ccc(CC)cc3)c(C(F)(F)F)oc2c1. The number of carbonyl (C=O) groups excluding carboxylic acids is 1. The van der Waals surface area contributed by atoms with E-state index in [1.807, 2.05) is 13.8 Å². The molecule has 10 heteroatoms. The quantitative estimate of drug-likeness (QED) is 0.265. The number of benzene rings is 3. The summed E-state index contributed by atoms with van der Waals surface area (Å²) < 4.78 is 62.8. The number of amides is 1. The standard InChI is InChI=1S/C28H24F3NO6/c1-3-17-9-11-18(12-10-17)37-26-25(34)20-14-13-19(15-23(20)38-27(26)28(29,30)31)36-16-24(33)32-21-7-5-6-8-22(21)35-4-2/h5-15H,3-4,16H2,1-2H3,(H,32,33). The molecule has 0 aliphatic rings. The van der Waals surface area contributed by atoms with E-state index in [4.69, 9.17) is 18.6 Å². The summed E-state index contributed by atoms with van der Waals surface area (Å²) in [6, 6.07) is 16.9. The molecule has 1 heterocycles. The van der Waals surface area contributed by atoms with E-state index in [9.17, 15) is 22.8 Å². The maximum atomic E-state index is 13.8. The summed E-state index contributed by atoms with van der Waals surface area (Å²) in [6.07, 6.45) is -4.27. The van der Waals surface area contributed by atoms with Crippen molar-refractivity contribution in [3.63, 3.8) is 0 Å². The predicted molar refractivity (Wildman–Crippen MR) is 135 cm³/mol. The van der Waals surface area contributed by atoms with Crippen LogP contribution in [0, 0.1) is 0 Å². The summed E-state index contributed by atoms with van der Waals surface area (Å²) in [5, 5.41) is 2.51. The number of aryl methyl sites for hydroxylation is 1. The molecule has 1 aromatic heterocycles. The van der Waals surface area contributed by atoms with Crippen molar-refractivity contribution >= 4 is 22.6 Å². The average molecular weight is 527 g/mol. The van der Waals surface area contributed by atoms with Gasteiger partial charge in [0, 0.05) is 6.07 Å². The van der Waals surface area contributed by atoms with E-state index in [2.05, 4.69) is 5.32 Å². The van der Waals surface area contributed by atoms with Crippen LogP contribution in [0.4, 0.5) is 18.9 Å². The summed E-state index contributed by atoms with van der Waals surface area (Å²) >= 11 is 0. The molecule has 0 fully saturated rings. The van der Waals surface area contributed by atoms with Crippen LogP contribution < -0.4 is 25.0 Å². The van der Waals surface area contributed by atoms with Crippen LogP contribution in [0.3, 0.4) is 0 Å². The summed E-state index contributed by atoms with van der Waals surface area (Å²) in [6.45, 7) is 3.70. The van der Waals surface area contributed by atoms with E-state index in [1.54, 1.807) is 36.4 Å². The zero-order chi connectivity index (χ0) is 27.3. The fourth-order valence-electron chi connectivity index (χ4n) is 3.62. The number of hydrogen-bond donors (Lipinski definition) is 1. The van der Waals surface area contributed by atoms with Crippen LogP contribution in [0.1, 0.15) is 25.2 Å². The van der Waals surface area contributed by atoms with E-state index >= 15 is 0 Å². The first-order valence-corrected chi connectivity index (χ1v) is 11.8. The lowest BCUT2D eigenvalue weighted by Crippen LogP contribution is -2.20. The normalized spacial score (nSPS) is 11.3. The third-order valence-corrected chi connectivity index (χ3v) is 5.46. The van der Waals surface area contributed by atoms with Crippen LogP contribution in [0.25, 0.3) is 11.0 Å². The second-order valence-electron chi connectivity index (χ2n) is 8.11. The smallest absolute Gasteiger partial charge is 0.453 e. The zero-order valence-corrected chi connectivity index (χ0v) is 20.6. The van der Waals surface area contributed by atoms with Crippen molar-refractivity contribution in [2.75, 3.05) is 18.5 Å². The number of fused-ring (bicyclic) bond motifs is 1. The van der Waals surface area contributed by atoms with Gasteiger partial charge in [0.25, 0.3) is 11.7 Å². The second kappa shape index (κ2) is 11.3. The summed E-state index contributed by atoms with van der Waals surface area (Å²) in [7, 11) is 0. The Morgan fingerprint density at radius 1 is 0.947 bits per heavy atom. The molecule has 4 rings (SSSR count). The molecule has 0 atom stereocenters. The molecule has 4 aromatic rings. The van der Waals surface area contributed by atoms with Crippen LogP contribution in [0.5, 0.6) is 23.0 Å². The molecule has 0 unspecified atom stereocenters. The number of rotatable bonds is 9. The highest BCUT2D eigenvalue weighted by Crippen LogP contribution is 2.38. The maximum absolute atomic E-state index is 13.8. The molecule has 3 aromatic carbocycles. The third-order valence-electron chi connectivity index (χ3n) is 5.46. The molecule has 0 saturated carbocycles. The van der Waals surface area contributed by atoms with Crippen molar-refractivity contribution in [3.05, 3.63) is 88.3 Å². The number of carbonyl (C=O) groups is 1. The number of ether oxygens (including phenoxy) is 3. The zero-order valence-electron chi connectivity index (χ0n) is 20.6. The van der Waals surface area contributed by atoms with E-state index in [1.165, 1.54) is 24.3 Å². The second-order valence-corrected chi connectivity index (χ2v) is 8.11. The highest BCUT2D eigenvalue weighted by molar-refractivity contribution is 5.93. The van der Waals surface area contributed by atoms with Gasteiger partial charge in [-0.2, -0.15) is 13.2 Å². The largest absolute Gasteiger partial charge is 0.492 e. The first-order valence-electron chi connectivity index (χ1n) is 11.8. The molecule has 0 saturated heterocycles. The molecule has 7 nitrogen and oxygen atoms in total. The molecule has 1 amide bonds. The van der Waals surface area contributed by atoms with Crippen LogP contribution in [0.2, 0.25) is 0 Å².